The van der Waals surface area contributed by atoms with E-state index in [-0.39, 0.29) is 5.41 Å². The van der Waals surface area contributed by atoms with Gasteiger partial charge in [-0.15, -0.1) is 0 Å². The summed E-state index contributed by atoms with van der Waals surface area (Å²) in [5.74, 6) is 0. The molecular weight excluding hydrogens is 717 g/mol. The van der Waals surface area contributed by atoms with E-state index in [2.05, 4.69) is 184 Å². The quantitative estimate of drug-likeness (QED) is 0.168. The van der Waals surface area contributed by atoms with Gasteiger partial charge in [-0.2, -0.15) is 0 Å². The van der Waals surface area contributed by atoms with Gasteiger partial charge in [0.2, 0.25) is 0 Å². The summed E-state index contributed by atoms with van der Waals surface area (Å²) < 4.78 is 12.8. The predicted octanol–water partition coefficient (Wildman–Crippen LogP) is 16.3. The van der Waals surface area contributed by atoms with Crippen molar-refractivity contribution in [1.82, 2.24) is 0 Å². The summed E-state index contributed by atoms with van der Waals surface area (Å²) in [4.78, 5) is 0. The van der Waals surface area contributed by atoms with Crippen molar-refractivity contribution in [1.29, 1.82) is 0 Å². The maximum Gasteiger partial charge on any atom is 0.135 e. The molecule has 0 saturated carbocycles. The van der Waals surface area contributed by atoms with E-state index in [1.54, 1.807) is 0 Å². The van der Waals surface area contributed by atoms with E-state index in [4.69, 9.17) is 8.83 Å². The number of fused-ring (bicyclic) bond motifs is 13. The molecule has 0 radical (unpaired) electrons. The van der Waals surface area contributed by atoms with Crippen LogP contribution in [0.5, 0.6) is 0 Å². The Labute approximate surface area is 340 Å². The lowest BCUT2D eigenvalue weighted by Gasteiger charge is -2.23. The lowest BCUT2D eigenvalue weighted by molar-refractivity contribution is 0.666. The van der Waals surface area contributed by atoms with Gasteiger partial charge in [0.25, 0.3) is 0 Å². The van der Waals surface area contributed by atoms with Crippen LogP contribution in [0.15, 0.2) is 191 Å². The molecule has 0 saturated heterocycles. The van der Waals surface area contributed by atoms with Gasteiger partial charge >= 0.3 is 0 Å². The van der Waals surface area contributed by atoms with Crippen LogP contribution in [0.2, 0.25) is 0 Å². The first-order chi connectivity index (χ1) is 29.0. The maximum atomic E-state index is 6.53. The Morgan fingerprint density at radius 1 is 0.322 bits per heavy atom. The summed E-state index contributed by atoms with van der Waals surface area (Å²) in [6.45, 7) is 4.74. The standard InChI is InChI=1S/C57H36O2/c1-57(2)49-25-20-34(29-45(49)44-24-19-33-11-3-4-12-38(33)56(44)57)35-21-26-52-47(30-35)48-32-37(23-28-53(48)59-52)55-42-16-7-5-14-40(42)54(41-15-6-8-17-43(41)55)36-22-27-51-46(31-36)39-13-9-10-18-50(39)58-51/h3-32H,1-2H3. The number of furan rings is 2. The molecule has 276 valence electrons. The average molecular weight is 753 g/mol. The topological polar surface area (TPSA) is 26.3 Å². The second-order valence-electron chi connectivity index (χ2n) is 16.8. The highest BCUT2D eigenvalue weighted by molar-refractivity contribution is 6.23. The Balaban J connectivity index is 0.980. The second-order valence-corrected chi connectivity index (χ2v) is 16.8. The lowest BCUT2D eigenvalue weighted by Crippen LogP contribution is -2.15. The molecular formula is C57H36O2. The highest BCUT2D eigenvalue weighted by Gasteiger charge is 2.37. The van der Waals surface area contributed by atoms with Crippen molar-refractivity contribution in [3.63, 3.8) is 0 Å². The normalized spacial score (nSPS) is 13.4. The zero-order valence-electron chi connectivity index (χ0n) is 32.6. The van der Waals surface area contributed by atoms with Gasteiger partial charge in [-0.05, 0) is 136 Å². The molecule has 0 amide bonds. The molecule has 0 fully saturated rings. The first-order valence-corrected chi connectivity index (χ1v) is 20.5. The van der Waals surface area contributed by atoms with Crippen molar-refractivity contribution >= 4 is 76.2 Å². The summed E-state index contributed by atoms with van der Waals surface area (Å²) in [6, 6.07) is 66.5. The number of benzene rings is 10. The fourth-order valence-electron chi connectivity index (χ4n) is 10.5. The fraction of sp³-hybridized carbons (Fsp3) is 0.0526. The first-order valence-electron chi connectivity index (χ1n) is 20.5. The predicted molar refractivity (Wildman–Crippen MR) is 247 cm³/mol. The zero-order valence-corrected chi connectivity index (χ0v) is 32.6. The molecule has 0 spiro atoms. The monoisotopic (exact) mass is 752 g/mol. The van der Waals surface area contributed by atoms with Gasteiger partial charge in [0.05, 0.1) is 0 Å². The van der Waals surface area contributed by atoms with Gasteiger partial charge in [0.15, 0.2) is 0 Å². The van der Waals surface area contributed by atoms with Crippen LogP contribution in [-0.2, 0) is 5.41 Å². The van der Waals surface area contributed by atoms with Gasteiger partial charge in [0, 0.05) is 27.0 Å². The summed E-state index contributed by atoms with van der Waals surface area (Å²) in [7, 11) is 0. The maximum absolute atomic E-state index is 6.53. The van der Waals surface area contributed by atoms with E-state index < -0.39 is 0 Å². The van der Waals surface area contributed by atoms with Crippen molar-refractivity contribution in [3.05, 3.63) is 193 Å². The Hall–Kier alpha value is -7.42. The largest absolute Gasteiger partial charge is 0.456 e. The van der Waals surface area contributed by atoms with Gasteiger partial charge in [-0.1, -0.05) is 147 Å². The van der Waals surface area contributed by atoms with E-state index >= 15 is 0 Å². The number of hydrogen-bond acceptors (Lipinski definition) is 2. The molecule has 10 aromatic carbocycles. The summed E-state index contributed by atoms with van der Waals surface area (Å²) in [5.41, 5.74) is 16.2. The second kappa shape index (κ2) is 11.8. The van der Waals surface area contributed by atoms with Crippen LogP contribution in [0.3, 0.4) is 0 Å². The van der Waals surface area contributed by atoms with E-state index in [1.807, 2.05) is 12.1 Å². The van der Waals surface area contributed by atoms with Crippen molar-refractivity contribution < 1.29 is 8.83 Å². The molecule has 59 heavy (non-hydrogen) atoms. The van der Waals surface area contributed by atoms with Crippen molar-refractivity contribution in [3.8, 4) is 44.5 Å². The number of rotatable bonds is 3. The molecule has 0 unspecified atom stereocenters. The van der Waals surface area contributed by atoms with Crippen LogP contribution >= 0.6 is 0 Å². The minimum absolute atomic E-state index is 0.0833. The minimum atomic E-state index is -0.0833. The molecule has 0 atom stereocenters. The van der Waals surface area contributed by atoms with Crippen molar-refractivity contribution in [2.24, 2.45) is 0 Å². The van der Waals surface area contributed by atoms with E-state index in [1.165, 1.54) is 88.0 Å². The van der Waals surface area contributed by atoms with Crippen LogP contribution in [0, 0.1) is 0 Å². The Bertz CT molecular complexity index is 3700. The third kappa shape index (κ3) is 4.57. The van der Waals surface area contributed by atoms with Crippen LogP contribution in [-0.4, -0.2) is 0 Å². The summed E-state index contributed by atoms with van der Waals surface area (Å²) in [5, 5.41) is 12.0. The van der Waals surface area contributed by atoms with Gasteiger partial charge < -0.3 is 8.83 Å². The van der Waals surface area contributed by atoms with E-state index in [0.29, 0.717) is 0 Å². The minimum Gasteiger partial charge on any atom is -0.456 e. The molecule has 2 heteroatoms. The smallest absolute Gasteiger partial charge is 0.135 e. The van der Waals surface area contributed by atoms with Gasteiger partial charge in [-0.25, -0.2) is 0 Å². The highest BCUT2D eigenvalue weighted by Crippen LogP contribution is 2.52. The molecule has 1 aliphatic carbocycles. The fourth-order valence-corrected chi connectivity index (χ4v) is 10.5. The molecule has 0 aliphatic heterocycles. The van der Waals surface area contributed by atoms with Gasteiger partial charge in [0.1, 0.15) is 22.3 Å². The molecule has 13 rings (SSSR count). The molecule has 2 aromatic heterocycles. The Morgan fingerprint density at radius 2 is 0.763 bits per heavy atom. The highest BCUT2D eigenvalue weighted by atomic mass is 16.3. The Morgan fingerprint density at radius 3 is 1.37 bits per heavy atom. The molecule has 12 aromatic rings. The Kier molecular flexibility index (Phi) is 6.54. The summed E-state index contributed by atoms with van der Waals surface area (Å²) in [6.07, 6.45) is 0. The van der Waals surface area contributed by atoms with Crippen LogP contribution < -0.4 is 0 Å². The van der Waals surface area contributed by atoms with Crippen molar-refractivity contribution in [2.45, 2.75) is 19.3 Å². The molecule has 1 aliphatic rings. The SMILES string of the molecule is CC1(C)c2ccc(-c3ccc4oc5ccc(-c6c7ccccc7c(-c7ccc8oc9ccccc9c8c7)c7ccccc67)cc5c4c3)cc2-c2ccc3ccccc3c21. The number of hydrogen-bond donors (Lipinski definition) is 0. The molecule has 0 N–H and O–H groups in total. The summed E-state index contributed by atoms with van der Waals surface area (Å²) >= 11 is 0. The first kappa shape index (κ1) is 32.6. The number of para-hydroxylation sites is 1. The average Bonchev–Trinajstić information content (AvgIpc) is 3.91. The van der Waals surface area contributed by atoms with E-state index in [9.17, 15) is 0 Å². The van der Waals surface area contributed by atoms with E-state index in [0.717, 1.165) is 43.9 Å². The third-order valence-corrected chi connectivity index (χ3v) is 13.2. The van der Waals surface area contributed by atoms with Crippen LogP contribution in [0.25, 0.3) is 121 Å². The van der Waals surface area contributed by atoms with Gasteiger partial charge in [-0.3, -0.25) is 0 Å². The van der Waals surface area contributed by atoms with Crippen LogP contribution in [0.4, 0.5) is 0 Å². The third-order valence-electron chi connectivity index (χ3n) is 13.2. The molecule has 2 heterocycles. The zero-order chi connectivity index (χ0) is 39.0. The molecule has 0 bridgehead atoms. The van der Waals surface area contributed by atoms with Crippen LogP contribution in [0.1, 0.15) is 25.0 Å². The van der Waals surface area contributed by atoms with Crippen molar-refractivity contribution in [2.75, 3.05) is 0 Å². The lowest BCUT2D eigenvalue weighted by atomic mass is 9.80. The molecule has 2 nitrogen and oxygen atoms in total.